The zero-order valence-corrected chi connectivity index (χ0v) is 16.8. The number of nitrogens with zero attached hydrogens (tertiary/aromatic N) is 1. The van der Waals surface area contributed by atoms with Gasteiger partial charge in [-0.1, -0.05) is 30.3 Å². The maximum Gasteiger partial charge on any atom is 0.326 e. The molecule has 0 bridgehead atoms. The van der Waals surface area contributed by atoms with E-state index in [1.165, 1.54) is 0 Å². The van der Waals surface area contributed by atoms with E-state index in [9.17, 15) is 14.4 Å². The molecular formula is C23H24N2O4. The fourth-order valence-electron chi connectivity index (χ4n) is 3.19. The van der Waals surface area contributed by atoms with Crippen LogP contribution in [0.25, 0.3) is 10.9 Å². The highest BCUT2D eigenvalue weighted by atomic mass is 16.6. The molecule has 1 N–H and O–H groups in total. The van der Waals surface area contributed by atoms with Gasteiger partial charge in [0.1, 0.15) is 12.1 Å². The number of carbonyl (C=O) groups is 3. The quantitative estimate of drug-likeness (QED) is 0.508. The summed E-state index contributed by atoms with van der Waals surface area (Å²) in [6, 6.07) is 14.4. The van der Waals surface area contributed by atoms with Gasteiger partial charge in [0.2, 0.25) is 5.91 Å². The Hall–Kier alpha value is -3.41. The fourth-order valence-corrected chi connectivity index (χ4v) is 3.19. The lowest BCUT2D eigenvalue weighted by Crippen LogP contribution is -2.26. The van der Waals surface area contributed by atoms with E-state index in [1.54, 1.807) is 35.0 Å². The molecule has 3 rings (SSSR count). The van der Waals surface area contributed by atoms with Gasteiger partial charge in [-0.3, -0.25) is 14.4 Å². The minimum Gasteiger partial charge on any atom is -0.459 e. The summed E-state index contributed by atoms with van der Waals surface area (Å²) in [5, 5.41) is 3.68. The van der Waals surface area contributed by atoms with Crippen LogP contribution in [0.4, 0.5) is 5.69 Å². The Bertz CT molecular complexity index is 1060. The number of rotatable bonds is 6. The maximum absolute atomic E-state index is 12.6. The number of carbonyl (C=O) groups excluding carboxylic acids is 3. The van der Waals surface area contributed by atoms with E-state index in [0.29, 0.717) is 17.5 Å². The Morgan fingerprint density at radius 2 is 1.76 bits per heavy atom. The number of ether oxygens (including phenoxy) is 1. The highest BCUT2D eigenvalue weighted by Gasteiger charge is 2.19. The number of aromatic nitrogens is 1. The van der Waals surface area contributed by atoms with Crippen molar-refractivity contribution in [1.29, 1.82) is 0 Å². The summed E-state index contributed by atoms with van der Waals surface area (Å²) < 4.78 is 7.21. The standard InChI is InChI=1S/C23H24N2O4/c1-23(2,3)29-22(28)14-25-13-17(18-9-5-7-11-20(18)25)12-21(27)24-19-10-6-4-8-16(19)15-26/h4-11,13,15H,12,14H2,1-3H3,(H,24,27). The first-order valence-electron chi connectivity index (χ1n) is 9.39. The summed E-state index contributed by atoms with van der Waals surface area (Å²) in [5.74, 6) is -0.575. The SMILES string of the molecule is CC(C)(C)OC(=O)Cn1cc(CC(=O)Nc2ccccc2C=O)c2ccccc21. The summed E-state index contributed by atoms with van der Waals surface area (Å²) >= 11 is 0. The highest BCUT2D eigenvalue weighted by molar-refractivity contribution is 5.99. The molecule has 0 radical (unpaired) electrons. The van der Waals surface area contributed by atoms with Crippen molar-refractivity contribution in [3.05, 3.63) is 65.9 Å². The summed E-state index contributed by atoms with van der Waals surface area (Å²) in [5.41, 5.74) is 1.99. The van der Waals surface area contributed by atoms with Gasteiger partial charge in [-0.15, -0.1) is 0 Å². The second-order valence-electron chi connectivity index (χ2n) is 7.82. The van der Waals surface area contributed by atoms with Crippen LogP contribution in [-0.4, -0.2) is 28.3 Å². The van der Waals surface area contributed by atoms with Crippen molar-refractivity contribution in [1.82, 2.24) is 4.57 Å². The van der Waals surface area contributed by atoms with Gasteiger partial charge in [0.15, 0.2) is 6.29 Å². The van der Waals surface area contributed by atoms with Crippen molar-refractivity contribution in [2.45, 2.75) is 39.3 Å². The lowest BCUT2D eigenvalue weighted by atomic mass is 10.1. The number of amides is 1. The van der Waals surface area contributed by atoms with Gasteiger partial charge in [-0.05, 0) is 44.5 Å². The molecule has 3 aromatic rings. The normalized spacial score (nSPS) is 11.3. The summed E-state index contributed by atoms with van der Waals surface area (Å²) in [6.07, 6.45) is 2.64. The molecule has 1 heterocycles. The molecule has 0 saturated heterocycles. The van der Waals surface area contributed by atoms with Gasteiger partial charge < -0.3 is 14.6 Å². The number of para-hydroxylation sites is 2. The molecule has 6 heteroatoms. The number of anilines is 1. The average molecular weight is 392 g/mol. The van der Waals surface area contributed by atoms with E-state index in [0.717, 1.165) is 16.5 Å². The molecule has 29 heavy (non-hydrogen) atoms. The Morgan fingerprint density at radius 3 is 2.48 bits per heavy atom. The molecule has 0 aliphatic carbocycles. The maximum atomic E-state index is 12.6. The van der Waals surface area contributed by atoms with Gasteiger partial charge in [-0.25, -0.2) is 0 Å². The lowest BCUT2D eigenvalue weighted by Gasteiger charge is -2.19. The predicted octanol–water partition coefficient (Wildman–Crippen LogP) is 3.98. The van der Waals surface area contributed by atoms with Crippen LogP contribution >= 0.6 is 0 Å². The van der Waals surface area contributed by atoms with Crippen LogP contribution in [0.15, 0.2) is 54.7 Å². The number of esters is 1. The van der Waals surface area contributed by atoms with Crippen LogP contribution in [0.5, 0.6) is 0 Å². The molecule has 1 amide bonds. The molecule has 0 unspecified atom stereocenters. The molecule has 0 aliphatic heterocycles. The van der Waals surface area contributed by atoms with Crippen molar-refractivity contribution >= 4 is 34.8 Å². The molecule has 1 aromatic heterocycles. The van der Waals surface area contributed by atoms with Gasteiger partial charge in [0.25, 0.3) is 0 Å². The molecule has 2 aromatic carbocycles. The van der Waals surface area contributed by atoms with Crippen LogP contribution in [0.1, 0.15) is 36.7 Å². The number of nitrogens with one attached hydrogen (secondary N) is 1. The minimum atomic E-state index is -0.561. The van der Waals surface area contributed by atoms with Crippen LogP contribution in [0.2, 0.25) is 0 Å². The lowest BCUT2D eigenvalue weighted by molar-refractivity contribution is -0.155. The Labute approximate surface area is 169 Å². The summed E-state index contributed by atoms with van der Waals surface area (Å²) in [4.78, 5) is 36.0. The van der Waals surface area contributed by atoms with Gasteiger partial charge in [0.05, 0.1) is 12.1 Å². The van der Waals surface area contributed by atoms with Crippen molar-refractivity contribution in [3.63, 3.8) is 0 Å². The van der Waals surface area contributed by atoms with Crippen LogP contribution in [-0.2, 0) is 27.3 Å². The van der Waals surface area contributed by atoms with E-state index in [2.05, 4.69) is 5.32 Å². The third-order valence-electron chi connectivity index (χ3n) is 4.30. The Morgan fingerprint density at radius 1 is 1.07 bits per heavy atom. The van der Waals surface area contributed by atoms with E-state index in [4.69, 9.17) is 4.74 Å². The van der Waals surface area contributed by atoms with Gasteiger partial charge in [0, 0.05) is 22.7 Å². The van der Waals surface area contributed by atoms with E-state index < -0.39 is 5.60 Å². The van der Waals surface area contributed by atoms with Crippen molar-refractivity contribution in [2.75, 3.05) is 5.32 Å². The smallest absolute Gasteiger partial charge is 0.326 e. The third-order valence-corrected chi connectivity index (χ3v) is 4.30. The number of hydrogen-bond acceptors (Lipinski definition) is 4. The van der Waals surface area contributed by atoms with Crippen LogP contribution in [0, 0.1) is 0 Å². The second kappa shape index (κ2) is 8.31. The zero-order valence-electron chi connectivity index (χ0n) is 16.8. The first kappa shape index (κ1) is 20.3. The molecule has 0 fully saturated rings. The zero-order chi connectivity index (χ0) is 21.0. The molecule has 0 atom stereocenters. The topological polar surface area (TPSA) is 77.4 Å². The third kappa shape index (κ3) is 5.10. The molecule has 6 nitrogen and oxygen atoms in total. The second-order valence-corrected chi connectivity index (χ2v) is 7.82. The Balaban J connectivity index is 1.82. The van der Waals surface area contributed by atoms with Crippen molar-refractivity contribution in [2.24, 2.45) is 0 Å². The summed E-state index contributed by atoms with van der Waals surface area (Å²) in [7, 11) is 0. The molecular weight excluding hydrogens is 368 g/mol. The number of benzene rings is 2. The Kier molecular flexibility index (Phi) is 5.82. The molecule has 0 spiro atoms. The monoisotopic (exact) mass is 392 g/mol. The molecule has 150 valence electrons. The number of aldehydes is 1. The van der Waals surface area contributed by atoms with E-state index in [1.807, 2.05) is 45.0 Å². The van der Waals surface area contributed by atoms with E-state index >= 15 is 0 Å². The van der Waals surface area contributed by atoms with Crippen LogP contribution in [0.3, 0.4) is 0 Å². The average Bonchev–Trinajstić information content (AvgIpc) is 2.98. The fraction of sp³-hybridized carbons (Fsp3) is 0.261. The van der Waals surface area contributed by atoms with Gasteiger partial charge in [-0.2, -0.15) is 0 Å². The summed E-state index contributed by atoms with van der Waals surface area (Å²) in [6.45, 7) is 5.54. The highest BCUT2D eigenvalue weighted by Crippen LogP contribution is 2.23. The van der Waals surface area contributed by atoms with Gasteiger partial charge >= 0.3 is 5.97 Å². The van der Waals surface area contributed by atoms with Crippen molar-refractivity contribution in [3.8, 4) is 0 Å². The molecule has 0 saturated carbocycles. The predicted molar refractivity (Wildman–Crippen MR) is 112 cm³/mol. The van der Waals surface area contributed by atoms with Crippen LogP contribution < -0.4 is 5.32 Å². The number of fused-ring (bicyclic) bond motifs is 1. The first-order valence-corrected chi connectivity index (χ1v) is 9.39. The van der Waals surface area contributed by atoms with Crippen molar-refractivity contribution < 1.29 is 19.1 Å². The molecule has 0 aliphatic rings. The first-order chi connectivity index (χ1) is 13.8. The largest absolute Gasteiger partial charge is 0.459 e. The minimum absolute atomic E-state index is 0.0629. The number of hydrogen-bond donors (Lipinski definition) is 1. The van der Waals surface area contributed by atoms with E-state index in [-0.39, 0.29) is 24.8 Å².